The summed E-state index contributed by atoms with van der Waals surface area (Å²) in [5.41, 5.74) is 0.359. The maximum atomic E-state index is 12.0. The molecule has 1 aromatic rings. The van der Waals surface area contributed by atoms with Gasteiger partial charge in [0, 0.05) is 32.2 Å². The fraction of sp³-hybridized carbons (Fsp3) is 0.571. The van der Waals surface area contributed by atoms with Gasteiger partial charge in [-0.25, -0.2) is 9.78 Å². The number of hydrogen-bond acceptors (Lipinski definition) is 5. The van der Waals surface area contributed by atoms with Crippen LogP contribution in [0, 0.1) is 0 Å². The lowest BCUT2D eigenvalue weighted by atomic mass is 10.4. The van der Waals surface area contributed by atoms with Crippen LogP contribution in [0.1, 0.15) is 0 Å². The minimum absolute atomic E-state index is 0.161. The highest BCUT2D eigenvalue weighted by atomic mass is 19.4. The topological polar surface area (TPSA) is 75.7 Å². The van der Waals surface area contributed by atoms with Crippen molar-refractivity contribution in [2.45, 2.75) is 6.18 Å². The Bertz CT molecular complexity index is 519. The average molecular weight is 348 g/mol. The summed E-state index contributed by atoms with van der Waals surface area (Å²) in [6.45, 7) is 2.86. The van der Waals surface area contributed by atoms with Gasteiger partial charge in [-0.1, -0.05) is 0 Å². The molecule has 1 aliphatic heterocycles. The number of hydrogen-bond donors (Lipinski definition) is 2. The van der Waals surface area contributed by atoms with Gasteiger partial charge in [0.15, 0.2) is 6.61 Å². The molecule has 0 bridgehead atoms. The predicted octanol–water partition coefficient (Wildman–Crippen LogP) is 1.48. The molecule has 0 aromatic carbocycles. The van der Waals surface area contributed by atoms with Crippen LogP contribution in [0.5, 0.6) is 5.88 Å². The van der Waals surface area contributed by atoms with Crippen LogP contribution >= 0.6 is 0 Å². The molecular weight excluding hydrogens is 329 g/mol. The van der Waals surface area contributed by atoms with Crippen LogP contribution in [0.4, 0.5) is 23.7 Å². The van der Waals surface area contributed by atoms with Gasteiger partial charge in [0.25, 0.3) is 0 Å². The minimum atomic E-state index is -4.42. The van der Waals surface area contributed by atoms with Gasteiger partial charge in [0.2, 0.25) is 5.88 Å². The third-order valence-electron chi connectivity index (χ3n) is 3.20. The zero-order valence-electron chi connectivity index (χ0n) is 12.9. The first-order valence-electron chi connectivity index (χ1n) is 7.43. The number of morpholine rings is 1. The Hall–Kier alpha value is -2.07. The number of alkyl halides is 3. The number of nitrogens with one attached hydrogen (secondary N) is 2. The molecule has 10 heteroatoms. The summed E-state index contributed by atoms with van der Waals surface area (Å²) >= 11 is 0. The highest BCUT2D eigenvalue weighted by Gasteiger charge is 2.28. The van der Waals surface area contributed by atoms with E-state index < -0.39 is 18.8 Å². The normalized spacial score (nSPS) is 15.8. The molecule has 2 N–H and O–H groups in total. The maximum Gasteiger partial charge on any atom is 0.422 e. The Kier molecular flexibility index (Phi) is 6.62. The number of carbonyl (C=O) groups excluding carboxylic acids is 1. The van der Waals surface area contributed by atoms with E-state index in [1.807, 2.05) is 0 Å². The first-order chi connectivity index (χ1) is 11.4. The quantitative estimate of drug-likeness (QED) is 0.814. The van der Waals surface area contributed by atoms with Crippen molar-refractivity contribution in [1.29, 1.82) is 0 Å². The summed E-state index contributed by atoms with van der Waals surface area (Å²) in [5.74, 6) is -0.161. The molecule has 2 heterocycles. The highest BCUT2D eigenvalue weighted by molar-refractivity contribution is 5.88. The Balaban J connectivity index is 1.67. The Morgan fingerprint density at radius 3 is 2.71 bits per heavy atom. The predicted molar refractivity (Wildman–Crippen MR) is 80.1 cm³/mol. The van der Waals surface area contributed by atoms with Gasteiger partial charge in [-0.15, -0.1) is 0 Å². The molecule has 0 radical (unpaired) electrons. The molecule has 1 saturated heterocycles. The SMILES string of the molecule is O=C(NCCN1CCOCC1)Nc1ccc(OCC(F)(F)F)nc1. The Labute approximate surface area is 137 Å². The van der Waals surface area contributed by atoms with Crippen LogP contribution in [0.3, 0.4) is 0 Å². The highest BCUT2D eigenvalue weighted by Crippen LogP contribution is 2.17. The van der Waals surface area contributed by atoms with Gasteiger partial charge in [-0.2, -0.15) is 13.2 Å². The van der Waals surface area contributed by atoms with Crippen LogP contribution in [0.2, 0.25) is 0 Å². The van der Waals surface area contributed by atoms with E-state index in [2.05, 4.69) is 25.3 Å². The lowest BCUT2D eigenvalue weighted by molar-refractivity contribution is -0.154. The van der Waals surface area contributed by atoms with Gasteiger partial charge in [0.05, 0.1) is 25.1 Å². The molecule has 2 amide bonds. The summed E-state index contributed by atoms with van der Waals surface area (Å²) in [6, 6.07) is 2.27. The molecular formula is C14H19F3N4O3. The fourth-order valence-corrected chi connectivity index (χ4v) is 2.02. The van der Waals surface area contributed by atoms with Gasteiger partial charge in [-0.05, 0) is 6.07 Å². The van der Waals surface area contributed by atoms with Crippen LogP contribution in [-0.2, 0) is 4.74 Å². The van der Waals surface area contributed by atoms with Crippen molar-refractivity contribution in [3.05, 3.63) is 18.3 Å². The third kappa shape index (κ3) is 7.01. The monoisotopic (exact) mass is 348 g/mol. The fourth-order valence-electron chi connectivity index (χ4n) is 2.02. The summed E-state index contributed by atoms with van der Waals surface area (Å²) < 4.78 is 45.8. The number of rotatable bonds is 6. The number of nitrogens with zero attached hydrogens (tertiary/aromatic N) is 2. The molecule has 134 valence electrons. The summed E-state index contributed by atoms with van der Waals surface area (Å²) in [7, 11) is 0. The van der Waals surface area contributed by atoms with Crippen molar-refractivity contribution >= 4 is 11.7 Å². The van der Waals surface area contributed by atoms with Crippen molar-refractivity contribution in [2.24, 2.45) is 0 Å². The van der Waals surface area contributed by atoms with E-state index in [9.17, 15) is 18.0 Å². The second-order valence-corrected chi connectivity index (χ2v) is 5.12. The van der Waals surface area contributed by atoms with E-state index in [1.165, 1.54) is 18.3 Å². The standard InChI is InChI=1S/C14H19F3N4O3/c15-14(16,17)10-24-12-2-1-11(9-19-12)20-13(22)18-3-4-21-5-7-23-8-6-21/h1-2,9H,3-8,10H2,(H2,18,20,22). The average Bonchev–Trinajstić information content (AvgIpc) is 2.54. The second kappa shape index (κ2) is 8.69. The van der Waals surface area contributed by atoms with Crippen molar-refractivity contribution < 1.29 is 27.4 Å². The van der Waals surface area contributed by atoms with Gasteiger partial charge < -0.3 is 20.1 Å². The van der Waals surface area contributed by atoms with Crippen LogP contribution in [0.25, 0.3) is 0 Å². The van der Waals surface area contributed by atoms with Crippen molar-refractivity contribution in [2.75, 3.05) is 51.3 Å². The minimum Gasteiger partial charge on any atom is -0.468 e. The lowest BCUT2D eigenvalue weighted by Crippen LogP contribution is -2.42. The van der Waals surface area contributed by atoms with Crippen LogP contribution in [0.15, 0.2) is 18.3 Å². The molecule has 24 heavy (non-hydrogen) atoms. The van der Waals surface area contributed by atoms with Gasteiger partial charge in [-0.3, -0.25) is 4.90 Å². The van der Waals surface area contributed by atoms with Crippen molar-refractivity contribution in [3.8, 4) is 5.88 Å². The number of aromatic nitrogens is 1. The van der Waals surface area contributed by atoms with Crippen molar-refractivity contribution in [3.63, 3.8) is 0 Å². The first-order valence-corrected chi connectivity index (χ1v) is 7.43. The summed E-state index contributed by atoms with van der Waals surface area (Å²) in [6.07, 6.45) is -3.19. The van der Waals surface area contributed by atoms with Crippen LogP contribution in [-0.4, -0.2) is 68.1 Å². The van der Waals surface area contributed by atoms with Gasteiger partial charge in [0.1, 0.15) is 0 Å². The molecule has 1 aromatic heterocycles. The first kappa shape index (κ1) is 18.3. The number of anilines is 1. The van der Waals surface area contributed by atoms with Gasteiger partial charge >= 0.3 is 12.2 Å². The van der Waals surface area contributed by atoms with E-state index in [1.54, 1.807) is 0 Å². The summed E-state index contributed by atoms with van der Waals surface area (Å²) in [5, 5.41) is 5.24. The largest absolute Gasteiger partial charge is 0.468 e. The zero-order valence-corrected chi connectivity index (χ0v) is 12.9. The molecule has 0 saturated carbocycles. The lowest BCUT2D eigenvalue weighted by Gasteiger charge is -2.26. The smallest absolute Gasteiger partial charge is 0.422 e. The number of ether oxygens (including phenoxy) is 2. The molecule has 1 fully saturated rings. The molecule has 2 rings (SSSR count). The number of halogens is 3. The summed E-state index contributed by atoms with van der Waals surface area (Å²) in [4.78, 5) is 17.6. The molecule has 7 nitrogen and oxygen atoms in total. The molecule has 0 spiro atoms. The van der Waals surface area contributed by atoms with Crippen LogP contribution < -0.4 is 15.4 Å². The Morgan fingerprint density at radius 1 is 1.33 bits per heavy atom. The Morgan fingerprint density at radius 2 is 2.08 bits per heavy atom. The second-order valence-electron chi connectivity index (χ2n) is 5.12. The number of pyridine rings is 1. The molecule has 0 atom stereocenters. The van der Waals surface area contributed by atoms with Crippen molar-refractivity contribution in [1.82, 2.24) is 15.2 Å². The molecule has 1 aliphatic rings. The van der Waals surface area contributed by atoms with E-state index in [0.29, 0.717) is 25.4 Å². The van der Waals surface area contributed by atoms with E-state index in [0.717, 1.165) is 19.6 Å². The van der Waals surface area contributed by atoms with E-state index in [4.69, 9.17) is 4.74 Å². The van der Waals surface area contributed by atoms with E-state index >= 15 is 0 Å². The number of carbonyl (C=O) groups is 1. The number of urea groups is 1. The molecule has 0 aliphatic carbocycles. The molecule has 0 unspecified atom stereocenters. The third-order valence-corrected chi connectivity index (χ3v) is 3.20. The van der Waals surface area contributed by atoms with E-state index in [-0.39, 0.29) is 5.88 Å². The zero-order chi connectivity index (χ0) is 17.4. The maximum absolute atomic E-state index is 12.0. The number of amides is 2.